The fourth-order valence-electron chi connectivity index (χ4n) is 8.95. The molecule has 0 heterocycles. The Morgan fingerprint density at radius 3 is 0.465 bits per heavy atom. The molecule has 0 aliphatic heterocycles. The van der Waals surface area contributed by atoms with Crippen LogP contribution in [0.3, 0.4) is 0 Å². The van der Waals surface area contributed by atoms with Gasteiger partial charge in [-0.25, -0.2) is 18.3 Å². The summed E-state index contributed by atoms with van der Waals surface area (Å²) < 4.78 is 153. The predicted octanol–water partition coefficient (Wildman–Crippen LogP) is 15.7. The molecule has 0 N–H and O–H groups in total. The standard InChI is InChI=1S/C64H68O18P4/c1-69-59-61(79-83(65,71-43-51-27-11-3-12-28-51)72-44-52-29-13-4-14-30-52)63(81-85(67,75-47-55-35-19-7-20-36-55)76-48-56-37-21-8-22-38-56)60(70-2)64(82-86(68,77-49-57-39-23-9-24-40-57)78-50-58-41-25-10-26-42-58)62(59)80-84(66,73-45-53-31-15-5-16-32-53)74-46-54-33-17-6-18-34-54/h3-42,59-64H,43-50H2,1-2H3/t59?,60?,61-,62+,63-,64+. The van der Waals surface area contributed by atoms with E-state index in [9.17, 15) is 0 Å². The fourth-order valence-corrected chi connectivity index (χ4v) is 14.3. The number of hydrogen-bond acceptors (Lipinski definition) is 18. The zero-order chi connectivity index (χ0) is 59.9. The van der Waals surface area contributed by atoms with E-state index < -0.39 is 67.9 Å². The molecule has 18 nitrogen and oxygen atoms in total. The summed E-state index contributed by atoms with van der Waals surface area (Å²) >= 11 is 0. The summed E-state index contributed by atoms with van der Waals surface area (Å²) in [6.07, 6.45) is -11.2. The van der Waals surface area contributed by atoms with E-state index in [0.717, 1.165) is 0 Å². The predicted molar refractivity (Wildman–Crippen MR) is 321 cm³/mol. The lowest BCUT2D eigenvalue weighted by Gasteiger charge is -2.49. The molecule has 1 aliphatic carbocycles. The zero-order valence-electron chi connectivity index (χ0n) is 47.4. The minimum Gasteiger partial charge on any atom is -0.376 e. The largest absolute Gasteiger partial charge is 0.475 e. The van der Waals surface area contributed by atoms with Gasteiger partial charge in [-0.2, -0.15) is 0 Å². The highest BCUT2D eigenvalue weighted by Gasteiger charge is 2.62. The summed E-state index contributed by atoms with van der Waals surface area (Å²) in [5.41, 5.74) is 4.71. The van der Waals surface area contributed by atoms with Gasteiger partial charge in [0.2, 0.25) is 0 Å². The Morgan fingerprint density at radius 2 is 0.349 bits per heavy atom. The third-order valence-corrected chi connectivity index (χ3v) is 18.9. The molecule has 0 bridgehead atoms. The summed E-state index contributed by atoms with van der Waals surface area (Å²) in [6.45, 7) is -2.46. The summed E-state index contributed by atoms with van der Waals surface area (Å²) in [4.78, 5) is 0. The lowest BCUT2D eigenvalue weighted by atomic mass is 9.84. The maximum absolute atomic E-state index is 15.9. The Kier molecular flexibility index (Phi) is 24.3. The number of rotatable bonds is 34. The molecule has 452 valence electrons. The van der Waals surface area contributed by atoms with E-state index in [2.05, 4.69) is 0 Å². The molecule has 9 rings (SSSR count). The van der Waals surface area contributed by atoms with Crippen LogP contribution in [-0.2, 0) is 135 Å². The van der Waals surface area contributed by atoms with E-state index >= 15 is 18.3 Å². The molecule has 0 spiro atoms. The van der Waals surface area contributed by atoms with Crippen molar-refractivity contribution in [3.8, 4) is 0 Å². The molecule has 0 radical (unpaired) electrons. The van der Waals surface area contributed by atoms with Crippen molar-refractivity contribution in [2.24, 2.45) is 0 Å². The first-order chi connectivity index (χ1) is 41.9. The monoisotopic (exact) mass is 1250 g/mol. The number of hydrogen-bond donors (Lipinski definition) is 0. The first-order valence-corrected chi connectivity index (χ1v) is 33.4. The van der Waals surface area contributed by atoms with Gasteiger partial charge in [-0.05, 0) is 44.5 Å². The molecular formula is C64H68O18P4. The second-order valence-corrected chi connectivity index (χ2v) is 26.0. The summed E-state index contributed by atoms with van der Waals surface area (Å²) in [7, 11) is -17.5. The van der Waals surface area contributed by atoms with E-state index in [1.165, 1.54) is 14.2 Å². The van der Waals surface area contributed by atoms with Crippen LogP contribution in [0.2, 0.25) is 0 Å². The smallest absolute Gasteiger partial charge is 0.376 e. The number of ether oxygens (including phenoxy) is 2. The van der Waals surface area contributed by atoms with Gasteiger partial charge in [-0.3, -0.25) is 54.3 Å². The summed E-state index contributed by atoms with van der Waals surface area (Å²) in [5.74, 6) is 0. The highest BCUT2D eigenvalue weighted by Crippen LogP contribution is 2.62. The lowest BCUT2D eigenvalue weighted by molar-refractivity contribution is -0.226. The summed E-state index contributed by atoms with van der Waals surface area (Å²) in [6, 6.07) is 71.0. The van der Waals surface area contributed by atoms with Crippen molar-refractivity contribution in [2.75, 3.05) is 14.2 Å². The van der Waals surface area contributed by atoms with Gasteiger partial charge < -0.3 is 9.47 Å². The third-order valence-electron chi connectivity index (χ3n) is 13.3. The van der Waals surface area contributed by atoms with Crippen molar-refractivity contribution in [3.63, 3.8) is 0 Å². The van der Waals surface area contributed by atoms with Crippen LogP contribution in [-0.4, -0.2) is 50.8 Å². The number of methoxy groups -OCH3 is 2. The molecule has 0 aromatic heterocycles. The molecule has 2 unspecified atom stereocenters. The molecule has 8 aromatic carbocycles. The SMILES string of the molecule is COC1[C@@H](OP(=O)(OCc2ccccc2)OCc2ccccc2)[C@H](OP(=O)(OCc2ccccc2)OCc2ccccc2)C(OC)[C@H](OP(=O)(OCc2ccccc2)OCc2ccccc2)[C@H]1OP(=O)(OCc1ccccc1)OCc1ccccc1. The van der Waals surface area contributed by atoms with Crippen molar-refractivity contribution in [1.29, 1.82) is 0 Å². The van der Waals surface area contributed by atoms with Crippen LogP contribution in [0, 0.1) is 0 Å². The normalized spacial score (nSPS) is 18.4. The van der Waals surface area contributed by atoms with E-state index in [-0.39, 0.29) is 52.9 Å². The fraction of sp³-hybridized carbons (Fsp3) is 0.250. The van der Waals surface area contributed by atoms with Crippen molar-refractivity contribution in [1.82, 2.24) is 0 Å². The van der Waals surface area contributed by atoms with Gasteiger partial charge in [0.1, 0.15) is 36.6 Å². The van der Waals surface area contributed by atoms with Crippen LogP contribution in [0.25, 0.3) is 0 Å². The lowest BCUT2D eigenvalue weighted by Crippen LogP contribution is -2.66. The molecule has 8 aromatic rings. The average molecular weight is 1250 g/mol. The number of phosphoric acid groups is 4. The first-order valence-electron chi connectivity index (χ1n) is 27.6. The molecule has 6 atom stereocenters. The maximum atomic E-state index is 15.9. The molecule has 0 saturated heterocycles. The average Bonchev–Trinajstić information content (AvgIpc) is 0.862. The first kappa shape index (κ1) is 64.6. The van der Waals surface area contributed by atoms with Crippen LogP contribution in [0.4, 0.5) is 0 Å². The Morgan fingerprint density at radius 1 is 0.221 bits per heavy atom. The van der Waals surface area contributed by atoms with E-state index in [1.54, 1.807) is 194 Å². The van der Waals surface area contributed by atoms with Crippen LogP contribution < -0.4 is 0 Å². The molecule has 86 heavy (non-hydrogen) atoms. The van der Waals surface area contributed by atoms with Crippen LogP contribution in [0.5, 0.6) is 0 Å². The van der Waals surface area contributed by atoms with Gasteiger partial charge >= 0.3 is 31.3 Å². The van der Waals surface area contributed by atoms with Crippen molar-refractivity contribution in [3.05, 3.63) is 287 Å². The van der Waals surface area contributed by atoms with Crippen LogP contribution in [0.15, 0.2) is 243 Å². The van der Waals surface area contributed by atoms with Gasteiger partial charge in [0, 0.05) is 14.2 Å². The Labute approximate surface area is 501 Å². The molecular weight excluding hydrogens is 1180 g/mol. The van der Waals surface area contributed by atoms with E-state index in [0.29, 0.717) is 44.5 Å². The van der Waals surface area contributed by atoms with Crippen molar-refractivity contribution >= 4 is 31.3 Å². The van der Waals surface area contributed by atoms with Crippen LogP contribution in [0.1, 0.15) is 44.5 Å². The minimum absolute atomic E-state index is 0.308. The van der Waals surface area contributed by atoms with Gasteiger partial charge in [0.05, 0.1) is 52.9 Å². The molecule has 0 amide bonds. The second-order valence-electron chi connectivity index (χ2n) is 19.5. The Balaban J connectivity index is 1.20. The number of phosphoric ester groups is 4. The number of benzene rings is 8. The van der Waals surface area contributed by atoms with E-state index in [4.69, 9.17) is 63.8 Å². The van der Waals surface area contributed by atoms with Gasteiger partial charge in [-0.15, -0.1) is 0 Å². The van der Waals surface area contributed by atoms with Crippen molar-refractivity contribution in [2.45, 2.75) is 89.5 Å². The molecule has 22 heteroatoms. The topological polar surface area (TPSA) is 197 Å². The van der Waals surface area contributed by atoms with Gasteiger partial charge in [-0.1, -0.05) is 243 Å². The highest BCUT2D eigenvalue weighted by atomic mass is 31.2. The molecule has 1 fully saturated rings. The third kappa shape index (κ3) is 19.6. The molecule has 1 saturated carbocycles. The zero-order valence-corrected chi connectivity index (χ0v) is 50.9. The van der Waals surface area contributed by atoms with Gasteiger partial charge in [0.25, 0.3) is 0 Å². The minimum atomic E-state index is -4.99. The maximum Gasteiger partial charge on any atom is 0.475 e. The van der Waals surface area contributed by atoms with E-state index in [1.807, 2.05) is 48.5 Å². The quantitative estimate of drug-likeness (QED) is 0.0345. The van der Waals surface area contributed by atoms with Crippen molar-refractivity contribution < 1.29 is 82.0 Å². The molecule has 1 aliphatic rings. The van der Waals surface area contributed by atoms with Gasteiger partial charge in [0.15, 0.2) is 0 Å². The Hall–Kier alpha value is -5.88. The van der Waals surface area contributed by atoms with Crippen LogP contribution >= 0.6 is 31.3 Å². The highest BCUT2D eigenvalue weighted by molar-refractivity contribution is 7.49. The summed E-state index contributed by atoms with van der Waals surface area (Å²) in [5, 5.41) is 0. The second kappa shape index (κ2) is 32.4. The Bertz CT molecular complexity index is 2800.